The second-order valence-corrected chi connectivity index (χ2v) is 5.40. The summed E-state index contributed by atoms with van der Waals surface area (Å²) in [5.74, 6) is 0. The third-order valence-corrected chi connectivity index (χ3v) is 3.80. The first-order chi connectivity index (χ1) is 9.22. The minimum absolute atomic E-state index is 0.854. The first kappa shape index (κ1) is 12.1. The lowest BCUT2D eigenvalue weighted by Crippen LogP contribution is -2.22. The van der Waals surface area contributed by atoms with Gasteiger partial charge in [-0.1, -0.05) is 24.3 Å². The van der Waals surface area contributed by atoms with Crippen molar-refractivity contribution in [1.82, 2.24) is 0 Å². The molecular formula is C17H20N2. The Bertz CT molecular complexity index is 569. The van der Waals surface area contributed by atoms with Crippen LogP contribution < -0.4 is 10.6 Å². The van der Waals surface area contributed by atoms with Crippen LogP contribution in [0.4, 0.5) is 11.4 Å². The number of hydrogen-bond acceptors (Lipinski definition) is 2. The van der Waals surface area contributed by atoms with Gasteiger partial charge in [0.2, 0.25) is 0 Å². The topological polar surface area (TPSA) is 29.3 Å². The highest BCUT2D eigenvalue weighted by atomic mass is 15.1. The van der Waals surface area contributed by atoms with Crippen molar-refractivity contribution in [1.29, 1.82) is 0 Å². The second kappa shape index (κ2) is 4.96. The molecule has 19 heavy (non-hydrogen) atoms. The Morgan fingerprint density at radius 3 is 2.63 bits per heavy atom. The van der Waals surface area contributed by atoms with Crippen LogP contribution in [0.1, 0.15) is 23.1 Å². The minimum Gasteiger partial charge on any atom is -0.399 e. The maximum atomic E-state index is 5.97. The largest absolute Gasteiger partial charge is 0.399 e. The van der Waals surface area contributed by atoms with Gasteiger partial charge in [0.25, 0.3) is 0 Å². The number of anilines is 2. The Balaban J connectivity index is 1.94. The van der Waals surface area contributed by atoms with E-state index in [2.05, 4.69) is 48.2 Å². The first-order valence-electron chi connectivity index (χ1n) is 6.91. The molecule has 98 valence electrons. The predicted octanol–water partition coefficient (Wildman–Crippen LogP) is 3.53. The number of aryl methyl sites for hydroxylation is 2. The molecule has 2 aromatic rings. The van der Waals surface area contributed by atoms with E-state index in [0.717, 1.165) is 18.8 Å². The lowest BCUT2D eigenvalue weighted by Gasteiger charge is -2.24. The summed E-state index contributed by atoms with van der Waals surface area (Å²) in [7, 11) is 0. The molecule has 1 heterocycles. The first-order valence-corrected chi connectivity index (χ1v) is 6.91. The molecule has 1 aliphatic rings. The van der Waals surface area contributed by atoms with Gasteiger partial charge in [0, 0.05) is 24.5 Å². The van der Waals surface area contributed by atoms with Gasteiger partial charge in [-0.2, -0.15) is 0 Å². The fourth-order valence-electron chi connectivity index (χ4n) is 2.90. The van der Waals surface area contributed by atoms with Gasteiger partial charge < -0.3 is 10.6 Å². The Kier molecular flexibility index (Phi) is 3.16. The van der Waals surface area contributed by atoms with E-state index < -0.39 is 0 Å². The van der Waals surface area contributed by atoms with E-state index in [4.69, 9.17) is 5.73 Å². The number of nitrogens with two attached hydrogens (primary N) is 1. The van der Waals surface area contributed by atoms with Crippen molar-refractivity contribution in [2.75, 3.05) is 17.2 Å². The molecule has 1 aliphatic heterocycles. The van der Waals surface area contributed by atoms with Crippen LogP contribution in [0.3, 0.4) is 0 Å². The third-order valence-electron chi connectivity index (χ3n) is 3.80. The number of nitrogen functional groups attached to an aromatic ring is 1. The second-order valence-electron chi connectivity index (χ2n) is 5.40. The van der Waals surface area contributed by atoms with Gasteiger partial charge in [-0.05, 0) is 54.7 Å². The lowest BCUT2D eigenvalue weighted by molar-refractivity contribution is 0.766. The highest BCUT2D eigenvalue weighted by Crippen LogP contribution is 2.26. The lowest BCUT2D eigenvalue weighted by atomic mass is 10.0. The smallest absolute Gasteiger partial charge is 0.0432 e. The summed E-state index contributed by atoms with van der Waals surface area (Å²) < 4.78 is 0. The molecule has 0 saturated carbocycles. The summed E-state index contributed by atoms with van der Waals surface area (Å²) in [6.45, 7) is 4.18. The molecular weight excluding hydrogens is 232 g/mol. The van der Waals surface area contributed by atoms with Gasteiger partial charge in [-0.3, -0.25) is 0 Å². The van der Waals surface area contributed by atoms with E-state index in [0.29, 0.717) is 0 Å². The van der Waals surface area contributed by atoms with Gasteiger partial charge in [0.05, 0.1) is 0 Å². The standard InChI is InChI=1S/C17H20N2/c1-13-9-16(18)11-17(10-13)19-8-4-7-14-5-2-3-6-15(14)12-19/h2-3,5-6,9-11H,4,7-8,12,18H2,1H3. The van der Waals surface area contributed by atoms with Crippen LogP contribution in [-0.2, 0) is 13.0 Å². The molecule has 3 rings (SSSR count). The zero-order chi connectivity index (χ0) is 13.2. The number of rotatable bonds is 1. The van der Waals surface area contributed by atoms with E-state index >= 15 is 0 Å². The molecule has 0 amide bonds. The maximum Gasteiger partial charge on any atom is 0.0432 e. The van der Waals surface area contributed by atoms with Crippen molar-refractivity contribution in [3.05, 3.63) is 59.2 Å². The zero-order valence-corrected chi connectivity index (χ0v) is 11.4. The van der Waals surface area contributed by atoms with E-state index in [1.165, 1.54) is 35.2 Å². The van der Waals surface area contributed by atoms with Crippen LogP contribution in [0.2, 0.25) is 0 Å². The van der Waals surface area contributed by atoms with Crippen molar-refractivity contribution < 1.29 is 0 Å². The van der Waals surface area contributed by atoms with Gasteiger partial charge in [0.1, 0.15) is 0 Å². The highest BCUT2D eigenvalue weighted by molar-refractivity contribution is 5.59. The predicted molar refractivity (Wildman–Crippen MR) is 81.4 cm³/mol. The van der Waals surface area contributed by atoms with E-state index in [-0.39, 0.29) is 0 Å². The van der Waals surface area contributed by atoms with Crippen LogP contribution in [0.15, 0.2) is 42.5 Å². The Labute approximate surface area is 114 Å². The molecule has 0 atom stereocenters. The highest BCUT2D eigenvalue weighted by Gasteiger charge is 2.14. The van der Waals surface area contributed by atoms with Crippen molar-refractivity contribution >= 4 is 11.4 Å². The quantitative estimate of drug-likeness (QED) is 0.787. The van der Waals surface area contributed by atoms with Crippen molar-refractivity contribution in [2.45, 2.75) is 26.3 Å². The molecule has 0 aromatic heterocycles. The summed E-state index contributed by atoms with van der Waals surface area (Å²) in [4.78, 5) is 2.44. The number of nitrogens with zero attached hydrogens (tertiary/aromatic N) is 1. The summed E-state index contributed by atoms with van der Waals surface area (Å²) in [6.07, 6.45) is 2.37. The van der Waals surface area contributed by atoms with Crippen LogP contribution in [-0.4, -0.2) is 6.54 Å². The summed E-state index contributed by atoms with van der Waals surface area (Å²) in [5.41, 5.74) is 12.2. The van der Waals surface area contributed by atoms with Gasteiger partial charge in [-0.25, -0.2) is 0 Å². The van der Waals surface area contributed by atoms with Crippen molar-refractivity contribution in [2.24, 2.45) is 0 Å². The summed E-state index contributed by atoms with van der Waals surface area (Å²) in [5, 5.41) is 0. The average Bonchev–Trinajstić information content (AvgIpc) is 2.59. The fraction of sp³-hybridized carbons (Fsp3) is 0.294. The van der Waals surface area contributed by atoms with E-state index in [1.54, 1.807) is 0 Å². The average molecular weight is 252 g/mol. The van der Waals surface area contributed by atoms with Crippen LogP contribution >= 0.6 is 0 Å². The molecule has 2 nitrogen and oxygen atoms in total. The van der Waals surface area contributed by atoms with E-state index in [1.807, 2.05) is 6.07 Å². The maximum absolute atomic E-state index is 5.97. The third kappa shape index (κ3) is 2.58. The molecule has 0 saturated heterocycles. The van der Waals surface area contributed by atoms with Crippen molar-refractivity contribution in [3.8, 4) is 0 Å². The van der Waals surface area contributed by atoms with Gasteiger partial charge in [0.15, 0.2) is 0 Å². The number of benzene rings is 2. The normalized spacial score (nSPS) is 14.9. The van der Waals surface area contributed by atoms with Crippen molar-refractivity contribution in [3.63, 3.8) is 0 Å². The van der Waals surface area contributed by atoms with Crippen LogP contribution in [0.25, 0.3) is 0 Å². The molecule has 0 fully saturated rings. The zero-order valence-electron chi connectivity index (χ0n) is 11.4. The molecule has 2 heteroatoms. The van der Waals surface area contributed by atoms with Crippen LogP contribution in [0, 0.1) is 6.92 Å². The Morgan fingerprint density at radius 1 is 1.05 bits per heavy atom. The molecule has 0 aliphatic carbocycles. The summed E-state index contributed by atoms with van der Waals surface area (Å²) in [6, 6.07) is 15.1. The number of hydrogen-bond donors (Lipinski definition) is 1. The van der Waals surface area contributed by atoms with Gasteiger partial charge in [-0.15, -0.1) is 0 Å². The molecule has 2 N–H and O–H groups in total. The van der Waals surface area contributed by atoms with Gasteiger partial charge >= 0.3 is 0 Å². The SMILES string of the molecule is Cc1cc(N)cc(N2CCCc3ccccc3C2)c1. The number of fused-ring (bicyclic) bond motifs is 1. The summed E-state index contributed by atoms with van der Waals surface area (Å²) >= 11 is 0. The fourth-order valence-corrected chi connectivity index (χ4v) is 2.90. The molecule has 2 aromatic carbocycles. The molecule has 0 bridgehead atoms. The van der Waals surface area contributed by atoms with E-state index in [9.17, 15) is 0 Å². The molecule has 0 unspecified atom stereocenters. The minimum atomic E-state index is 0.854. The van der Waals surface area contributed by atoms with Crippen LogP contribution in [0.5, 0.6) is 0 Å². The monoisotopic (exact) mass is 252 g/mol. The molecule has 0 radical (unpaired) electrons. The Hall–Kier alpha value is -1.96. The Morgan fingerprint density at radius 2 is 1.84 bits per heavy atom. The molecule has 0 spiro atoms.